The molecule has 1 fully saturated rings. The van der Waals surface area contributed by atoms with Crippen LogP contribution in [0.1, 0.15) is 33.6 Å². The number of ether oxygens (including phenoxy) is 2. The maximum absolute atomic E-state index is 11.9. The van der Waals surface area contributed by atoms with Crippen LogP contribution in [0.3, 0.4) is 0 Å². The van der Waals surface area contributed by atoms with Crippen LogP contribution in [0.2, 0.25) is 0 Å². The Morgan fingerprint density at radius 3 is 2.43 bits per heavy atom. The lowest BCUT2D eigenvalue weighted by atomic mass is 9.98. The Kier molecular flexibility index (Phi) is 6.68. The largest absolute Gasteiger partial charge is 0.478 e. The lowest BCUT2D eigenvalue weighted by Gasteiger charge is -2.33. The van der Waals surface area contributed by atoms with Crippen LogP contribution in [0.25, 0.3) is 0 Å². The van der Waals surface area contributed by atoms with Gasteiger partial charge in [0.15, 0.2) is 0 Å². The number of carbonyl (C=O) groups excluding carboxylic acids is 1. The second-order valence-electron chi connectivity index (χ2n) is 6.19. The van der Waals surface area contributed by atoms with E-state index in [1.54, 1.807) is 4.90 Å². The van der Waals surface area contributed by atoms with Crippen LogP contribution in [-0.2, 0) is 14.3 Å². The Balaban J connectivity index is 2.20. The molecule has 6 heteroatoms. The first-order valence-electron chi connectivity index (χ1n) is 7.23. The van der Waals surface area contributed by atoms with Crippen molar-refractivity contribution in [2.75, 3.05) is 26.3 Å². The van der Waals surface area contributed by atoms with Crippen LogP contribution in [-0.4, -0.2) is 54.0 Å². The van der Waals surface area contributed by atoms with E-state index >= 15 is 0 Å². The van der Waals surface area contributed by atoms with Crippen molar-refractivity contribution in [1.82, 2.24) is 4.90 Å². The number of amides is 1. The molecular weight excluding hydrogens is 274 g/mol. The fourth-order valence-electron chi connectivity index (χ4n) is 2.06. The van der Waals surface area contributed by atoms with E-state index in [1.807, 2.05) is 20.8 Å². The maximum atomic E-state index is 11.9. The summed E-state index contributed by atoms with van der Waals surface area (Å²) >= 11 is 0. The number of hydrogen-bond donors (Lipinski definition) is 1. The molecule has 0 spiro atoms. The van der Waals surface area contributed by atoms with Crippen molar-refractivity contribution in [1.29, 1.82) is 0 Å². The fourth-order valence-corrected chi connectivity index (χ4v) is 2.06. The highest BCUT2D eigenvalue weighted by Gasteiger charge is 2.26. The first-order valence-corrected chi connectivity index (χ1v) is 7.23. The molecule has 0 aromatic rings. The quantitative estimate of drug-likeness (QED) is 0.622. The third-order valence-electron chi connectivity index (χ3n) is 3.09. The number of piperidine rings is 1. The Labute approximate surface area is 125 Å². The number of nitrogens with zero attached hydrogens (tertiary/aromatic N) is 1. The zero-order valence-corrected chi connectivity index (χ0v) is 13.0. The number of aliphatic carboxylic acids is 1. The molecule has 0 bridgehead atoms. The predicted molar refractivity (Wildman–Crippen MR) is 78.1 cm³/mol. The van der Waals surface area contributed by atoms with Gasteiger partial charge in [-0.2, -0.15) is 0 Å². The van der Waals surface area contributed by atoms with E-state index in [9.17, 15) is 9.59 Å². The number of hydrogen-bond acceptors (Lipinski definition) is 4. The molecule has 1 rings (SSSR count). The molecule has 1 aliphatic rings. The molecule has 6 nitrogen and oxygen atoms in total. The van der Waals surface area contributed by atoms with E-state index in [-0.39, 0.29) is 6.09 Å². The molecule has 0 aromatic heterocycles. The van der Waals surface area contributed by atoms with Crippen LogP contribution >= 0.6 is 0 Å². The molecule has 1 saturated heterocycles. The molecular formula is C15H25NO5. The molecule has 0 unspecified atom stereocenters. The van der Waals surface area contributed by atoms with Gasteiger partial charge in [-0.25, -0.2) is 9.59 Å². The normalized spacial score (nSPS) is 17.2. The molecule has 1 aliphatic heterocycles. The van der Waals surface area contributed by atoms with E-state index < -0.39 is 11.6 Å². The molecule has 0 aliphatic carbocycles. The zero-order valence-electron chi connectivity index (χ0n) is 13.0. The average molecular weight is 299 g/mol. The first-order chi connectivity index (χ1) is 9.78. The van der Waals surface area contributed by atoms with Gasteiger partial charge in [-0.05, 0) is 39.5 Å². The summed E-state index contributed by atoms with van der Waals surface area (Å²) in [4.78, 5) is 23.9. The van der Waals surface area contributed by atoms with Crippen molar-refractivity contribution in [2.45, 2.75) is 39.2 Å². The van der Waals surface area contributed by atoms with Crippen LogP contribution in [0.4, 0.5) is 4.79 Å². The van der Waals surface area contributed by atoms with Gasteiger partial charge in [0.25, 0.3) is 0 Å². The summed E-state index contributed by atoms with van der Waals surface area (Å²) in [5.74, 6) is -0.564. The fraction of sp³-hybridized carbons (Fsp3) is 0.733. The number of carboxylic acid groups (broad SMARTS) is 1. The van der Waals surface area contributed by atoms with E-state index in [0.717, 1.165) is 18.9 Å². The highest BCUT2D eigenvalue weighted by molar-refractivity contribution is 5.79. The van der Waals surface area contributed by atoms with Crippen molar-refractivity contribution in [3.63, 3.8) is 0 Å². The highest BCUT2D eigenvalue weighted by atomic mass is 16.6. The third-order valence-corrected chi connectivity index (χ3v) is 3.09. The van der Waals surface area contributed by atoms with Gasteiger partial charge in [-0.1, -0.05) is 6.08 Å². The monoisotopic (exact) mass is 299 g/mol. The Morgan fingerprint density at radius 1 is 1.29 bits per heavy atom. The minimum Gasteiger partial charge on any atom is -0.478 e. The molecule has 0 saturated carbocycles. The third kappa shape index (κ3) is 7.70. The number of likely N-dealkylation sites (tertiary alicyclic amines) is 1. The second-order valence-corrected chi connectivity index (χ2v) is 6.19. The van der Waals surface area contributed by atoms with Gasteiger partial charge in [0.1, 0.15) is 5.60 Å². The van der Waals surface area contributed by atoms with Crippen molar-refractivity contribution in [2.24, 2.45) is 5.92 Å². The Hall–Kier alpha value is -1.56. The van der Waals surface area contributed by atoms with Gasteiger partial charge in [-0.3, -0.25) is 0 Å². The van der Waals surface area contributed by atoms with Crippen molar-refractivity contribution in [3.8, 4) is 0 Å². The Morgan fingerprint density at radius 2 is 1.90 bits per heavy atom. The molecule has 0 atom stereocenters. The average Bonchev–Trinajstić information content (AvgIpc) is 2.36. The smallest absolute Gasteiger partial charge is 0.410 e. The minimum atomic E-state index is -0.968. The highest BCUT2D eigenvalue weighted by Crippen LogP contribution is 2.19. The molecule has 1 N–H and O–H groups in total. The van der Waals surface area contributed by atoms with Gasteiger partial charge in [0.05, 0.1) is 6.61 Å². The van der Waals surface area contributed by atoms with Gasteiger partial charge in [0, 0.05) is 25.8 Å². The lowest BCUT2D eigenvalue weighted by molar-refractivity contribution is -0.131. The van der Waals surface area contributed by atoms with E-state index in [0.29, 0.717) is 32.2 Å². The standard InChI is InChI=1S/C15H25NO5/c1-15(2,3)21-14(19)16-8-6-12(7-9-16)11-20-10-4-5-13(17)18/h4-5,12H,6-11H2,1-3H3,(H,17,18)/b5-4+. The van der Waals surface area contributed by atoms with E-state index in [2.05, 4.69) is 0 Å². The molecule has 1 heterocycles. The number of rotatable bonds is 5. The van der Waals surface area contributed by atoms with Crippen LogP contribution < -0.4 is 0 Å². The summed E-state index contributed by atoms with van der Waals surface area (Å²) in [5.41, 5.74) is -0.465. The SMILES string of the molecule is CC(C)(C)OC(=O)N1CCC(COC/C=C/C(=O)O)CC1. The first kappa shape index (κ1) is 17.5. The molecule has 0 aromatic carbocycles. The molecule has 120 valence electrons. The lowest BCUT2D eigenvalue weighted by Crippen LogP contribution is -2.42. The van der Waals surface area contributed by atoms with Crippen molar-refractivity contribution >= 4 is 12.1 Å². The van der Waals surface area contributed by atoms with Crippen LogP contribution in [0, 0.1) is 5.92 Å². The summed E-state index contributed by atoms with van der Waals surface area (Å²) in [5, 5.41) is 8.43. The summed E-state index contributed by atoms with van der Waals surface area (Å²) < 4.78 is 10.8. The second kappa shape index (κ2) is 8.02. The van der Waals surface area contributed by atoms with Crippen LogP contribution in [0.15, 0.2) is 12.2 Å². The summed E-state index contributed by atoms with van der Waals surface area (Å²) in [6.07, 6.45) is 4.05. The van der Waals surface area contributed by atoms with Gasteiger partial charge >= 0.3 is 12.1 Å². The maximum Gasteiger partial charge on any atom is 0.410 e. The summed E-state index contributed by atoms with van der Waals surface area (Å²) in [6, 6.07) is 0. The Bertz CT molecular complexity index is 378. The molecule has 0 radical (unpaired) electrons. The van der Waals surface area contributed by atoms with Crippen molar-refractivity contribution in [3.05, 3.63) is 12.2 Å². The number of carboxylic acids is 1. The summed E-state index contributed by atoms with van der Waals surface area (Å²) in [6.45, 7) is 7.81. The topological polar surface area (TPSA) is 76.1 Å². The number of carbonyl (C=O) groups is 2. The van der Waals surface area contributed by atoms with Crippen LogP contribution in [0.5, 0.6) is 0 Å². The van der Waals surface area contributed by atoms with E-state index in [4.69, 9.17) is 14.6 Å². The predicted octanol–water partition coefficient (Wildman–Crippen LogP) is 2.29. The molecule has 1 amide bonds. The van der Waals surface area contributed by atoms with Crippen molar-refractivity contribution < 1.29 is 24.2 Å². The zero-order chi connectivity index (χ0) is 15.9. The van der Waals surface area contributed by atoms with Gasteiger partial charge in [-0.15, -0.1) is 0 Å². The van der Waals surface area contributed by atoms with E-state index in [1.165, 1.54) is 6.08 Å². The minimum absolute atomic E-state index is 0.258. The molecule has 21 heavy (non-hydrogen) atoms. The van der Waals surface area contributed by atoms with Gasteiger partial charge < -0.3 is 19.5 Å². The van der Waals surface area contributed by atoms with Gasteiger partial charge in [0.2, 0.25) is 0 Å². The summed E-state index contributed by atoms with van der Waals surface area (Å²) in [7, 11) is 0.